The van der Waals surface area contributed by atoms with Gasteiger partial charge in [0.1, 0.15) is 0 Å². The summed E-state index contributed by atoms with van der Waals surface area (Å²) in [6.07, 6.45) is 1.69. The van der Waals surface area contributed by atoms with E-state index in [1.165, 1.54) is 11.8 Å². The summed E-state index contributed by atoms with van der Waals surface area (Å²) in [7, 11) is 0. The number of carbonyl (C=O) groups excluding carboxylic acids is 2. The van der Waals surface area contributed by atoms with Crippen LogP contribution in [0.2, 0.25) is 0 Å². The van der Waals surface area contributed by atoms with Crippen LogP contribution in [0.25, 0.3) is 0 Å². The van der Waals surface area contributed by atoms with E-state index >= 15 is 0 Å². The topological polar surface area (TPSA) is 71.1 Å². The fourth-order valence-electron chi connectivity index (χ4n) is 1.89. The maximum atomic E-state index is 12.2. The van der Waals surface area contributed by atoms with Gasteiger partial charge < -0.3 is 10.6 Å². The molecule has 0 aliphatic carbocycles. The zero-order valence-electron chi connectivity index (χ0n) is 13.1. The molecule has 2 N–H and O–H groups in total. The Labute approximate surface area is 139 Å². The minimum Gasteiger partial charge on any atom is -0.350 e. The van der Waals surface area contributed by atoms with Gasteiger partial charge in [0.15, 0.2) is 0 Å². The first-order chi connectivity index (χ1) is 11.1. The van der Waals surface area contributed by atoms with Crippen LogP contribution < -0.4 is 10.6 Å². The molecule has 0 radical (unpaired) electrons. The van der Waals surface area contributed by atoms with Crippen molar-refractivity contribution in [1.29, 1.82) is 0 Å². The molecule has 0 spiro atoms. The van der Waals surface area contributed by atoms with Crippen molar-refractivity contribution in [3.8, 4) is 0 Å². The van der Waals surface area contributed by atoms with E-state index in [-0.39, 0.29) is 23.6 Å². The smallest absolute Gasteiger partial charge is 0.253 e. The molecule has 0 saturated heterocycles. The number of benzene rings is 1. The minimum atomic E-state index is -0.201. The van der Waals surface area contributed by atoms with E-state index in [0.29, 0.717) is 11.3 Å². The quantitative estimate of drug-likeness (QED) is 0.799. The molecule has 1 aromatic carbocycles. The Kier molecular flexibility index (Phi) is 6.17. The van der Waals surface area contributed by atoms with Crippen molar-refractivity contribution in [3.63, 3.8) is 0 Å². The van der Waals surface area contributed by atoms with E-state index in [2.05, 4.69) is 15.6 Å². The number of thioether (sulfide) groups is 1. The highest BCUT2D eigenvalue weighted by atomic mass is 32.2. The summed E-state index contributed by atoms with van der Waals surface area (Å²) in [4.78, 5) is 28.4. The van der Waals surface area contributed by atoms with E-state index in [1.807, 2.05) is 32.0 Å². The number of hydrogen-bond donors (Lipinski definition) is 2. The first kappa shape index (κ1) is 17.0. The normalized spacial score (nSPS) is 10.4. The zero-order valence-corrected chi connectivity index (χ0v) is 13.9. The van der Waals surface area contributed by atoms with Gasteiger partial charge in [0.25, 0.3) is 5.91 Å². The molecule has 120 valence electrons. The monoisotopic (exact) mass is 329 g/mol. The molecule has 6 heteroatoms. The average Bonchev–Trinajstić information content (AvgIpc) is 2.54. The number of hydrogen-bond acceptors (Lipinski definition) is 4. The van der Waals surface area contributed by atoms with Gasteiger partial charge in [-0.25, -0.2) is 4.98 Å². The largest absolute Gasteiger partial charge is 0.350 e. The van der Waals surface area contributed by atoms with Gasteiger partial charge in [-0.1, -0.05) is 30.0 Å². The predicted molar refractivity (Wildman–Crippen MR) is 92.6 cm³/mol. The number of nitrogens with zero attached hydrogens (tertiary/aromatic N) is 1. The fraction of sp³-hybridized carbons (Fsp3) is 0.235. The van der Waals surface area contributed by atoms with Crippen molar-refractivity contribution in [1.82, 2.24) is 10.3 Å². The van der Waals surface area contributed by atoms with Crippen LogP contribution >= 0.6 is 11.8 Å². The van der Waals surface area contributed by atoms with Gasteiger partial charge in [-0.05, 0) is 38.1 Å². The maximum absolute atomic E-state index is 12.2. The summed E-state index contributed by atoms with van der Waals surface area (Å²) < 4.78 is 0. The summed E-state index contributed by atoms with van der Waals surface area (Å²) in [5.41, 5.74) is 0.967. The molecular weight excluding hydrogens is 310 g/mol. The Morgan fingerprint density at radius 1 is 1.13 bits per heavy atom. The van der Waals surface area contributed by atoms with Crippen LogP contribution in [0.5, 0.6) is 0 Å². The molecule has 0 atom stereocenters. The van der Waals surface area contributed by atoms with Gasteiger partial charge in [0.2, 0.25) is 5.91 Å². The van der Waals surface area contributed by atoms with Gasteiger partial charge in [0.05, 0.1) is 22.0 Å². The van der Waals surface area contributed by atoms with Crippen molar-refractivity contribution in [2.45, 2.75) is 24.9 Å². The second kappa shape index (κ2) is 8.33. The molecule has 2 rings (SSSR count). The third-order valence-corrected chi connectivity index (χ3v) is 3.80. The third kappa shape index (κ3) is 5.41. The lowest BCUT2D eigenvalue weighted by atomic mass is 10.1. The molecule has 0 aliphatic heterocycles. The predicted octanol–water partition coefficient (Wildman–Crippen LogP) is 2.95. The molecule has 0 bridgehead atoms. The second-order valence-electron chi connectivity index (χ2n) is 5.18. The van der Waals surface area contributed by atoms with Crippen LogP contribution in [0.15, 0.2) is 53.7 Å². The van der Waals surface area contributed by atoms with E-state index in [4.69, 9.17) is 0 Å². The van der Waals surface area contributed by atoms with Gasteiger partial charge in [-0.2, -0.15) is 0 Å². The second-order valence-corrected chi connectivity index (χ2v) is 6.17. The van der Waals surface area contributed by atoms with Gasteiger partial charge in [0, 0.05) is 12.2 Å². The molecule has 2 aromatic rings. The van der Waals surface area contributed by atoms with Crippen molar-refractivity contribution in [2.75, 3.05) is 11.1 Å². The lowest BCUT2D eigenvalue weighted by Gasteiger charge is -2.13. The fourth-order valence-corrected chi connectivity index (χ4v) is 2.55. The Hall–Kier alpha value is -2.34. The SMILES string of the molecule is CC(C)NC(=O)c1ccccc1NC(=O)CSc1ccccn1. The summed E-state index contributed by atoms with van der Waals surface area (Å²) in [6.45, 7) is 3.78. The maximum Gasteiger partial charge on any atom is 0.253 e. The number of rotatable bonds is 6. The van der Waals surface area contributed by atoms with Crippen molar-refractivity contribution in [2.24, 2.45) is 0 Å². The molecule has 1 aromatic heterocycles. The molecule has 2 amide bonds. The molecule has 0 saturated carbocycles. The minimum absolute atomic E-state index is 0.0333. The van der Waals surface area contributed by atoms with Crippen molar-refractivity contribution < 1.29 is 9.59 Å². The standard InChI is InChI=1S/C17H19N3O2S/c1-12(2)19-17(22)13-7-3-4-8-14(13)20-15(21)11-23-16-9-5-6-10-18-16/h3-10,12H,11H2,1-2H3,(H,19,22)(H,20,21). The van der Waals surface area contributed by atoms with Crippen LogP contribution in [0.3, 0.4) is 0 Å². The van der Waals surface area contributed by atoms with Gasteiger partial charge >= 0.3 is 0 Å². The number of amides is 2. The van der Waals surface area contributed by atoms with Crippen molar-refractivity contribution in [3.05, 3.63) is 54.2 Å². The third-order valence-electron chi connectivity index (χ3n) is 2.85. The molecule has 0 fully saturated rings. The van der Waals surface area contributed by atoms with Crippen LogP contribution in [0.4, 0.5) is 5.69 Å². The molecule has 0 aliphatic rings. The Balaban J connectivity index is 1.99. The molecule has 5 nitrogen and oxygen atoms in total. The molecular formula is C17H19N3O2S. The lowest BCUT2D eigenvalue weighted by Crippen LogP contribution is -2.31. The first-order valence-electron chi connectivity index (χ1n) is 7.30. The number of para-hydroxylation sites is 1. The summed E-state index contributed by atoms with van der Waals surface area (Å²) in [6, 6.07) is 12.6. The van der Waals surface area contributed by atoms with Crippen molar-refractivity contribution >= 4 is 29.3 Å². The molecule has 1 heterocycles. The highest BCUT2D eigenvalue weighted by Gasteiger charge is 2.13. The van der Waals surface area contributed by atoms with Gasteiger partial charge in [-0.3, -0.25) is 9.59 Å². The first-order valence-corrected chi connectivity index (χ1v) is 8.28. The number of pyridine rings is 1. The summed E-state index contributed by atoms with van der Waals surface area (Å²) in [5, 5.41) is 6.40. The molecule has 23 heavy (non-hydrogen) atoms. The molecule has 0 unspecified atom stereocenters. The van der Waals surface area contributed by atoms with Crippen LogP contribution in [-0.4, -0.2) is 28.6 Å². The van der Waals surface area contributed by atoms with Crippen LogP contribution in [0.1, 0.15) is 24.2 Å². The highest BCUT2D eigenvalue weighted by molar-refractivity contribution is 7.99. The Morgan fingerprint density at radius 3 is 2.57 bits per heavy atom. The van der Waals surface area contributed by atoms with Crippen LogP contribution in [-0.2, 0) is 4.79 Å². The number of anilines is 1. The van der Waals surface area contributed by atoms with E-state index in [1.54, 1.807) is 30.5 Å². The Bertz CT molecular complexity index is 675. The van der Waals surface area contributed by atoms with E-state index < -0.39 is 0 Å². The highest BCUT2D eigenvalue weighted by Crippen LogP contribution is 2.18. The number of aromatic nitrogens is 1. The average molecular weight is 329 g/mol. The van der Waals surface area contributed by atoms with E-state index in [9.17, 15) is 9.59 Å². The zero-order chi connectivity index (χ0) is 16.7. The van der Waals surface area contributed by atoms with Gasteiger partial charge in [-0.15, -0.1) is 0 Å². The summed E-state index contributed by atoms with van der Waals surface area (Å²) >= 11 is 1.35. The number of carbonyl (C=O) groups is 2. The van der Waals surface area contributed by atoms with E-state index in [0.717, 1.165) is 5.03 Å². The lowest BCUT2D eigenvalue weighted by molar-refractivity contribution is -0.113. The Morgan fingerprint density at radius 2 is 1.87 bits per heavy atom. The summed E-state index contributed by atoms with van der Waals surface area (Å²) in [5.74, 6) is -0.143. The van der Waals surface area contributed by atoms with Crippen LogP contribution in [0, 0.1) is 0 Å². The number of nitrogens with one attached hydrogen (secondary N) is 2.